The predicted octanol–water partition coefficient (Wildman–Crippen LogP) is 1.19. The molecule has 0 aromatic heterocycles. The summed E-state index contributed by atoms with van der Waals surface area (Å²) in [6.07, 6.45) is 0. The van der Waals surface area contributed by atoms with Gasteiger partial charge >= 0.3 is 0 Å². The molecule has 0 amide bonds. The molecule has 0 spiro atoms. The number of ether oxygens (including phenoxy) is 1. The zero-order valence-electron chi connectivity index (χ0n) is 9.81. The second kappa shape index (κ2) is 3.88. The van der Waals surface area contributed by atoms with Crippen LogP contribution in [0, 0.1) is 0 Å². The van der Waals surface area contributed by atoms with Crippen molar-refractivity contribution in [3.05, 3.63) is 18.2 Å². The maximum atomic E-state index is 11.7. The molecule has 1 N–H and O–H groups in total. The fraction of sp³-hybridized carbons (Fsp3) is 0.333. The van der Waals surface area contributed by atoms with Gasteiger partial charge in [-0.3, -0.25) is 0 Å². The Bertz CT molecular complexity index is 491. The normalized spacial score (nSPS) is 17.9. The highest BCUT2D eigenvalue weighted by molar-refractivity contribution is 7.91. The van der Waals surface area contributed by atoms with Crippen LogP contribution in [0.15, 0.2) is 23.1 Å². The van der Waals surface area contributed by atoms with Crippen molar-refractivity contribution in [1.29, 1.82) is 0 Å². The Balaban J connectivity index is 3.36. The average Bonchev–Trinajstić information content (AvgIpc) is 2.15. The number of benzene rings is 1. The number of rotatable bonds is 3. The van der Waals surface area contributed by atoms with Gasteiger partial charge in [0.25, 0.3) is 0 Å². The van der Waals surface area contributed by atoms with Crippen molar-refractivity contribution in [3.63, 3.8) is 0 Å². The van der Waals surface area contributed by atoms with Crippen molar-refractivity contribution in [2.75, 3.05) is 12.8 Å². The van der Waals surface area contributed by atoms with Crippen molar-refractivity contribution < 1.29 is 21.0 Å². The lowest BCUT2D eigenvalue weighted by Gasteiger charge is -2.05. The third kappa shape index (κ3) is 1.98. The van der Waals surface area contributed by atoms with Crippen LogP contribution in [0.4, 0.5) is 0 Å². The predicted molar refractivity (Wildman–Crippen MR) is 52.4 cm³/mol. The Hall–Kier alpha value is -1.23. The minimum Gasteiger partial charge on any atom is -0.506 e. The van der Waals surface area contributed by atoms with E-state index in [2.05, 4.69) is 0 Å². The summed E-state index contributed by atoms with van der Waals surface area (Å²) in [6.45, 7) is 0.923. The van der Waals surface area contributed by atoms with Crippen LogP contribution in [0.1, 0.15) is 9.67 Å². The molecule has 0 aliphatic rings. The summed E-state index contributed by atoms with van der Waals surface area (Å²) in [5.74, 6) is -0.224. The Morgan fingerprint density at radius 3 is 2.79 bits per heavy atom. The summed E-state index contributed by atoms with van der Waals surface area (Å²) in [4.78, 5) is -0.444. The molecule has 78 valence electrons. The van der Waals surface area contributed by atoms with Crippen LogP contribution >= 0.6 is 0 Å². The zero-order chi connectivity index (χ0) is 12.6. The first-order chi connectivity index (χ1) is 7.20. The molecular weight excluding hydrogens is 205 g/mol. The van der Waals surface area contributed by atoms with E-state index in [1.54, 1.807) is 0 Å². The van der Waals surface area contributed by atoms with Crippen molar-refractivity contribution in [1.82, 2.24) is 0 Å². The highest BCUT2D eigenvalue weighted by Gasteiger charge is 2.16. The van der Waals surface area contributed by atoms with Crippen molar-refractivity contribution >= 4 is 9.84 Å². The van der Waals surface area contributed by atoms with Crippen molar-refractivity contribution in [2.24, 2.45) is 0 Å². The van der Waals surface area contributed by atoms with Gasteiger partial charge in [0.2, 0.25) is 0 Å². The number of phenolic OH excluding ortho intramolecular Hbond substituents is 1. The van der Waals surface area contributed by atoms with E-state index in [0.29, 0.717) is 5.75 Å². The Kier molecular flexibility index (Phi) is 2.24. The molecule has 1 atom stereocenters. The quantitative estimate of drug-likeness (QED) is 0.774. The van der Waals surface area contributed by atoms with Crippen LogP contribution < -0.4 is 4.74 Å². The molecule has 0 fully saturated rings. The average molecular weight is 218 g/mol. The van der Waals surface area contributed by atoms with Crippen molar-refractivity contribution in [2.45, 2.75) is 11.8 Å². The van der Waals surface area contributed by atoms with E-state index in [9.17, 15) is 13.5 Å². The van der Waals surface area contributed by atoms with E-state index in [1.807, 2.05) is 0 Å². The van der Waals surface area contributed by atoms with E-state index >= 15 is 0 Å². The van der Waals surface area contributed by atoms with Gasteiger partial charge in [0.1, 0.15) is 16.4 Å². The van der Waals surface area contributed by atoms with E-state index in [0.717, 1.165) is 19.1 Å². The van der Waals surface area contributed by atoms with Gasteiger partial charge in [-0.15, -0.1) is 0 Å². The van der Waals surface area contributed by atoms with Crippen LogP contribution in [-0.2, 0) is 9.84 Å². The third-order valence-electron chi connectivity index (χ3n) is 1.72. The summed E-state index contributed by atoms with van der Waals surface area (Å²) in [7, 11) is -2.83. The molecule has 0 heterocycles. The van der Waals surface area contributed by atoms with E-state index < -0.39 is 26.2 Å². The minimum atomic E-state index is -4.20. The topological polar surface area (TPSA) is 63.6 Å². The lowest BCUT2D eigenvalue weighted by molar-refractivity contribution is 0.404. The van der Waals surface area contributed by atoms with E-state index in [4.69, 9.17) is 7.48 Å². The fourth-order valence-corrected chi connectivity index (χ4v) is 1.76. The molecule has 0 aliphatic carbocycles. The molecule has 1 aromatic carbocycles. The highest BCUT2D eigenvalue weighted by atomic mass is 32.2. The summed E-state index contributed by atoms with van der Waals surface area (Å²) < 4.78 is 42.6. The van der Waals surface area contributed by atoms with Crippen LogP contribution in [-0.4, -0.2) is 26.3 Å². The van der Waals surface area contributed by atoms with Gasteiger partial charge in [-0.05, 0) is 12.1 Å². The standard InChI is InChI=1S/C9H12O4S/c1-3-14(11,12)9-5-4-7(13-2)6-8(9)10/h4-6,10H,3H2,1-2H3/i3+1DH. The van der Waals surface area contributed by atoms with E-state index in [-0.39, 0.29) is 0 Å². The SMILES string of the molecule is [1H][13C]([2H])(C)S(=O)(=O)c1ccc(OC)cc1O. The number of hydrogen-bond donors (Lipinski definition) is 1. The smallest absolute Gasteiger partial charge is 0.181 e. The highest BCUT2D eigenvalue weighted by Crippen LogP contribution is 2.27. The first-order valence-corrected chi connectivity index (χ1v) is 5.30. The molecule has 5 heteroatoms. The fourth-order valence-electron chi connectivity index (χ4n) is 0.961. The molecule has 0 bridgehead atoms. The van der Waals surface area contributed by atoms with Gasteiger partial charge in [0.15, 0.2) is 9.84 Å². The Labute approximate surface area is 85.9 Å². The summed E-state index contributed by atoms with van der Waals surface area (Å²) in [5.41, 5.74) is -2.45. The van der Waals surface area contributed by atoms with Gasteiger partial charge in [-0.2, -0.15) is 0 Å². The van der Waals surface area contributed by atoms with E-state index in [1.165, 1.54) is 13.2 Å². The number of sulfone groups is 1. The van der Waals surface area contributed by atoms with Gasteiger partial charge in [-0.1, -0.05) is 6.92 Å². The molecule has 0 saturated heterocycles. The molecule has 4 nitrogen and oxygen atoms in total. The lowest BCUT2D eigenvalue weighted by Crippen LogP contribution is -2.03. The monoisotopic (exact) mass is 218 g/mol. The van der Waals surface area contributed by atoms with Crippen LogP contribution in [0.25, 0.3) is 0 Å². The van der Waals surface area contributed by atoms with Crippen LogP contribution in [0.5, 0.6) is 11.5 Å². The number of hydrogen-bond acceptors (Lipinski definition) is 4. The second-order valence-corrected chi connectivity index (χ2v) is 4.40. The Morgan fingerprint density at radius 2 is 2.36 bits per heavy atom. The number of aromatic hydroxyl groups is 1. The molecule has 1 aromatic rings. The molecule has 14 heavy (non-hydrogen) atoms. The van der Waals surface area contributed by atoms with Gasteiger partial charge in [0.05, 0.1) is 12.8 Å². The summed E-state index contributed by atoms with van der Waals surface area (Å²) in [5, 5.41) is 9.50. The molecule has 0 radical (unpaired) electrons. The maximum absolute atomic E-state index is 11.7. The lowest BCUT2D eigenvalue weighted by atomic mass is 10.3. The largest absolute Gasteiger partial charge is 0.506 e. The molecule has 1 unspecified atom stereocenters. The maximum Gasteiger partial charge on any atom is 0.181 e. The molecule has 1 rings (SSSR count). The number of methoxy groups -OCH3 is 1. The van der Waals surface area contributed by atoms with Gasteiger partial charge < -0.3 is 9.84 Å². The Morgan fingerprint density at radius 1 is 1.71 bits per heavy atom. The first kappa shape index (κ1) is 8.11. The van der Waals surface area contributed by atoms with Gasteiger partial charge in [0, 0.05) is 8.81 Å². The first-order valence-electron chi connectivity index (χ1n) is 4.82. The van der Waals surface area contributed by atoms with Crippen LogP contribution in [0.2, 0.25) is 0 Å². The zero-order valence-corrected chi connectivity index (χ0v) is 8.63. The summed E-state index contributed by atoms with van der Waals surface area (Å²) in [6, 6.07) is 3.59. The summed E-state index contributed by atoms with van der Waals surface area (Å²) >= 11 is 0. The van der Waals surface area contributed by atoms with Crippen LogP contribution in [0.3, 0.4) is 0 Å². The number of phenols is 1. The van der Waals surface area contributed by atoms with Gasteiger partial charge in [-0.25, -0.2) is 8.42 Å². The molecular formula is C9H12O4S. The molecule has 0 aliphatic heterocycles. The van der Waals surface area contributed by atoms with Crippen molar-refractivity contribution in [3.8, 4) is 11.5 Å². The third-order valence-corrected chi connectivity index (χ3v) is 3.19. The molecule has 0 saturated carbocycles. The second-order valence-electron chi connectivity index (χ2n) is 2.54. The minimum absolute atomic E-state index is 0.299.